The normalized spacial score (nSPS) is 11.9. The highest BCUT2D eigenvalue weighted by atomic mass is 16.5. The third kappa shape index (κ3) is 7.58. The summed E-state index contributed by atoms with van der Waals surface area (Å²) in [6, 6.07) is 14.4. The van der Waals surface area contributed by atoms with Crippen molar-refractivity contribution in [2.45, 2.75) is 39.3 Å². The Balaban J connectivity index is 1.82. The molecule has 0 aliphatic rings. The molecule has 3 N–H and O–H groups in total. The fraction of sp³-hybridized carbons (Fsp3) is 0.409. The third-order valence-corrected chi connectivity index (χ3v) is 3.91. The quantitative estimate of drug-likeness (QED) is 0.551. The zero-order valence-corrected chi connectivity index (χ0v) is 16.8. The number of ether oxygens (including phenoxy) is 2. The van der Waals surface area contributed by atoms with Crippen LogP contribution in [0.25, 0.3) is 0 Å². The molecular weight excluding hydrogens is 356 g/mol. The van der Waals surface area contributed by atoms with Crippen molar-refractivity contribution in [1.82, 2.24) is 5.32 Å². The number of rotatable bonds is 11. The second kappa shape index (κ2) is 11.3. The maximum Gasteiger partial charge on any atom is 0.255 e. The highest BCUT2D eigenvalue weighted by Gasteiger charge is 2.08. The topological polar surface area (TPSA) is 79.8 Å². The van der Waals surface area contributed by atoms with Crippen molar-refractivity contribution in [2.75, 3.05) is 25.1 Å². The summed E-state index contributed by atoms with van der Waals surface area (Å²) in [6.07, 6.45) is 0.362. The van der Waals surface area contributed by atoms with Crippen molar-refractivity contribution < 1.29 is 19.4 Å². The average Bonchev–Trinajstić information content (AvgIpc) is 2.70. The maximum absolute atomic E-state index is 12.3. The van der Waals surface area contributed by atoms with E-state index in [9.17, 15) is 9.90 Å². The zero-order valence-electron chi connectivity index (χ0n) is 16.8. The number of nitrogens with one attached hydrogen (secondary N) is 2. The molecule has 6 nitrogen and oxygen atoms in total. The van der Waals surface area contributed by atoms with Crippen LogP contribution in [0, 0.1) is 0 Å². The molecule has 1 atom stereocenters. The fourth-order valence-electron chi connectivity index (χ4n) is 2.38. The summed E-state index contributed by atoms with van der Waals surface area (Å²) in [5.41, 5.74) is 1.23. The van der Waals surface area contributed by atoms with Crippen LogP contribution in [0.3, 0.4) is 0 Å². The van der Waals surface area contributed by atoms with Gasteiger partial charge < -0.3 is 25.2 Å². The van der Waals surface area contributed by atoms with E-state index in [0.717, 1.165) is 12.2 Å². The molecule has 1 amide bonds. The molecule has 1 unspecified atom stereocenters. The van der Waals surface area contributed by atoms with Gasteiger partial charge in [-0.15, -0.1) is 0 Å². The van der Waals surface area contributed by atoms with Gasteiger partial charge in [-0.1, -0.05) is 20.8 Å². The van der Waals surface area contributed by atoms with Crippen molar-refractivity contribution in [3.05, 3.63) is 54.1 Å². The van der Waals surface area contributed by atoms with Gasteiger partial charge in [0.1, 0.15) is 24.2 Å². The van der Waals surface area contributed by atoms with Crippen molar-refractivity contribution in [2.24, 2.45) is 0 Å². The first-order chi connectivity index (χ1) is 13.5. The number of benzene rings is 2. The minimum absolute atomic E-state index is 0.189. The molecule has 0 saturated carbocycles. The van der Waals surface area contributed by atoms with E-state index in [-0.39, 0.29) is 12.5 Å². The van der Waals surface area contributed by atoms with E-state index in [0.29, 0.717) is 36.2 Å². The van der Waals surface area contributed by atoms with Crippen LogP contribution in [0.2, 0.25) is 0 Å². The Morgan fingerprint density at radius 2 is 1.61 bits per heavy atom. The van der Waals surface area contributed by atoms with Gasteiger partial charge in [0.2, 0.25) is 0 Å². The van der Waals surface area contributed by atoms with Crippen molar-refractivity contribution in [1.29, 1.82) is 0 Å². The van der Waals surface area contributed by atoms with Crippen molar-refractivity contribution in [3.8, 4) is 11.5 Å². The van der Waals surface area contributed by atoms with E-state index in [1.54, 1.807) is 48.5 Å². The number of hydrogen-bond donors (Lipinski definition) is 3. The van der Waals surface area contributed by atoms with Crippen LogP contribution < -0.4 is 20.1 Å². The minimum Gasteiger partial charge on any atom is -0.494 e. The standard InChI is InChI=1S/C22H30N2O4/c1-4-13-27-20-9-5-17(6-10-20)22(26)24-18-7-11-21(12-8-18)28-15-19(25)14-23-16(2)3/h5-12,16,19,23,25H,4,13-15H2,1-3H3,(H,24,26). The molecule has 6 heteroatoms. The summed E-state index contributed by atoms with van der Waals surface area (Å²) in [7, 11) is 0. The molecule has 152 valence electrons. The van der Waals surface area contributed by atoms with Gasteiger partial charge in [0.05, 0.1) is 6.61 Å². The van der Waals surface area contributed by atoms with Crippen LogP contribution in [0.4, 0.5) is 5.69 Å². The van der Waals surface area contributed by atoms with E-state index >= 15 is 0 Å². The molecule has 28 heavy (non-hydrogen) atoms. The summed E-state index contributed by atoms with van der Waals surface area (Å²) < 4.78 is 11.1. The highest BCUT2D eigenvalue weighted by Crippen LogP contribution is 2.18. The SMILES string of the molecule is CCCOc1ccc(C(=O)Nc2ccc(OCC(O)CNC(C)C)cc2)cc1. The molecule has 0 aliphatic carbocycles. The molecule has 2 aromatic carbocycles. The van der Waals surface area contributed by atoms with Gasteiger partial charge in [-0.2, -0.15) is 0 Å². The van der Waals surface area contributed by atoms with Crippen LogP contribution >= 0.6 is 0 Å². The first-order valence-corrected chi connectivity index (χ1v) is 9.66. The van der Waals surface area contributed by atoms with Crippen LogP contribution in [-0.2, 0) is 0 Å². The van der Waals surface area contributed by atoms with Gasteiger partial charge in [0.15, 0.2) is 0 Å². The fourth-order valence-corrected chi connectivity index (χ4v) is 2.38. The maximum atomic E-state index is 12.3. The molecule has 0 radical (unpaired) electrons. The monoisotopic (exact) mass is 386 g/mol. The molecule has 0 bridgehead atoms. The van der Waals surface area contributed by atoms with Crippen LogP contribution in [0.15, 0.2) is 48.5 Å². The Morgan fingerprint density at radius 1 is 1.00 bits per heavy atom. The van der Waals surface area contributed by atoms with Gasteiger partial charge in [-0.25, -0.2) is 0 Å². The molecular formula is C22H30N2O4. The predicted molar refractivity (Wildman–Crippen MR) is 111 cm³/mol. The lowest BCUT2D eigenvalue weighted by atomic mass is 10.2. The van der Waals surface area contributed by atoms with Crippen LogP contribution in [-0.4, -0.2) is 42.9 Å². The van der Waals surface area contributed by atoms with Crippen LogP contribution in [0.1, 0.15) is 37.6 Å². The summed E-state index contributed by atoms with van der Waals surface area (Å²) in [4.78, 5) is 12.3. The second-order valence-corrected chi connectivity index (χ2v) is 6.88. The highest BCUT2D eigenvalue weighted by molar-refractivity contribution is 6.04. The summed E-state index contributed by atoms with van der Waals surface area (Å²) in [5, 5.41) is 15.9. The molecule has 2 rings (SSSR count). The summed E-state index contributed by atoms with van der Waals surface area (Å²) in [6.45, 7) is 7.44. The van der Waals surface area contributed by atoms with Gasteiger partial charge >= 0.3 is 0 Å². The smallest absolute Gasteiger partial charge is 0.255 e. The van der Waals surface area contributed by atoms with Gasteiger partial charge in [-0.3, -0.25) is 4.79 Å². The molecule has 0 spiro atoms. The molecule has 0 saturated heterocycles. The van der Waals surface area contributed by atoms with Gasteiger partial charge in [0, 0.05) is 23.8 Å². The van der Waals surface area contributed by atoms with Crippen molar-refractivity contribution in [3.63, 3.8) is 0 Å². The lowest BCUT2D eigenvalue weighted by Gasteiger charge is -2.15. The Bertz CT molecular complexity index is 714. The number of anilines is 1. The van der Waals surface area contributed by atoms with Gasteiger partial charge in [0.25, 0.3) is 5.91 Å². The Kier molecular flexibility index (Phi) is 8.78. The third-order valence-electron chi connectivity index (χ3n) is 3.91. The number of aliphatic hydroxyl groups excluding tert-OH is 1. The molecule has 0 aliphatic heterocycles. The Labute approximate surface area is 166 Å². The van der Waals surface area contributed by atoms with Gasteiger partial charge in [-0.05, 0) is 55.0 Å². The lowest BCUT2D eigenvalue weighted by Crippen LogP contribution is -2.35. The average molecular weight is 386 g/mol. The predicted octanol–water partition coefficient (Wildman–Crippen LogP) is 3.47. The Hall–Kier alpha value is -2.57. The number of amides is 1. The first kappa shape index (κ1) is 21.7. The first-order valence-electron chi connectivity index (χ1n) is 9.66. The number of carbonyl (C=O) groups excluding carboxylic acids is 1. The molecule has 0 aromatic heterocycles. The van der Waals surface area contributed by atoms with E-state index in [1.165, 1.54) is 0 Å². The lowest BCUT2D eigenvalue weighted by molar-refractivity contribution is 0.102. The van der Waals surface area contributed by atoms with E-state index in [2.05, 4.69) is 10.6 Å². The minimum atomic E-state index is -0.578. The Morgan fingerprint density at radius 3 is 2.21 bits per heavy atom. The number of carbonyl (C=O) groups is 1. The summed E-state index contributed by atoms with van der Waals surface area (Å²) in [5.74, 6) is 1.20. The molecule has 0 heterocycles. The molecule has 0 fully saturated rings. The summed E-state index contributed by atoms with van der Waals surface area (Å²) >= 11 is 0. The van der Waals surface area contributed by atoms with E-state index in [1.807, 2.05) is 20.8 Å². The number of hydrogen-bond acceptors (Lipinski definition) is 5. The van der Waals surface area contributed by atoms with E-state index in [4.69, 9.17) is 9.47 Å². The zero-order chi connectivity index (χ0) is 20.4. The van der Waals surface area contributed by atoms with Crippen LogP contribution in [0.5, 0.6) is 11.5 Å². The number of aliphatic hydroxyl groups is 1. The van der Waals surface area contributed by atoms with Crippen molar-refractivity contribution >= 4 is 11.6 Å². The molecule has 2 aromatic rings. The van der Waals surface area contributed by atoms with E-state index < -0.39 is 6.10 Å². The largest absolute Gasteiger partial charge is 0.494 e. The second-order valence-electron chi connectivity index (χ2n) is 6.88.